The molecule has 0 aliphatic carbocycles. The number of carboxylic acids is 1. The number of H-pyrrole nitrogens is 1. The number of carboxylic acid groups (broad SMARTS) is 1. The summed E-state index contributed by atoms with van der Waals surface area (Å²) in [5.74, 6) is -0.738. The third-order valence-electron chi connectivity index (χ3n) is 4.30. The molecule has 9 nitrogen and oxygen atoms in total. The summed E-state index contributed by atoms with van der Waals surface area (Å²) in [6.07, 6.45) is 4.41. The Morgan fingerprint density at radius 3 is 2.91 bits per heavy atom. The SMILES string of the molecule is O=C(O)[C@@H]1CN(c2ncnc3nc[nH]c23)CC1CCCB(O)O. The molecule has 4 N–H and O–H groups in total. The molecule has 2 aromatic rings. The van der Waals surface area contributed by atoms with Gasteiger partial charge >= 0.3 is 13.1 Å². The minimum absolute atomic E-state index is 0.0563. The summed E-state index contributed by atoms with van der Waals surface area (Å²) in [5.41, 5.74) is 1.25. The Labute approximate surface area is 132 Å². The van der Waals surface area contributed by atoms with Gasteiger partial charge in [-0.15, -0.1) is 0 Å². The standard InChI is InChI=1S/C13H18BN5O4/c20-13(21)9-5-19(4-8(9)2-1-3-14(22)23)12-10-11(16-6-15-10)17-7-18-12/h6-9,22-23H,1-5H2,(H,20,21)(H,15,16,17,18)/t8?,9-/m1/s1. The van der Waals surface area contributed by atoms with Crippen molar-refractivity contribution in [2.45, 2.75) is 19.2 Å². The van der Waals surface area contributed by atoms with Gasteiger partial charge in [0.15, 0.2) is 11.5 Å². The predicted octanol–water partition coefficient (Wildman–Crippen LogP) is -0.257. The number of nitrogens with zero attached hydrogens (tertiary/aromatic N) is 4. The van der Waals surface area contributed by atoms with Crippen LogP contribution in [0, 0.1) is 11.8 Å². The lowest BCUT2D eigenvalue weighted by Crippen LogP contribution is -2.24. The van der Waals surface area contributed by atoms with E-state index in [0.29, 0.717) is 42.9 Å². The van der Waals surface area contributed by atoms with Gasteiger partial charge in [0.2, 0.25) is 0 Å². The first-order valence-electron chi connectivity index (χ1n) is 7.54. The van der Waals surface area contributed by atoms with Crippen LogP contribution in [-0.4, -0.2) is 61.3 Å². The van der Waals surface area contributed by atoms with Crippen LogP contribution in [0.2, 0.25) is 6.32 Å². The lowest BCUT2D eigenvalue weighted by molar-refractivity contribution is -0.142. The molecule has 0 saturated carbocycles. The third kappa shape index (κ3) is 3.27. The zero-order chi connectivity index (χ0) is 16.4. The van der Waals surface area contributed by atoms with Gasteiger partial charge in [-0.25, -0.2) is 15.0 Å². The van der Waals surface area contributed by atoms with Crippen LogP contribution < -0.4 is 4.90 Å². The maximum absolute atomic E-state index is 11.5. The highest BCUT2D eigenvalue weighted by molar-refractivity contribution is 6.40. The normalized spacial score (nSPS) is 21.0. The van der Waals surface area contributed by atoms with E-state index in [4.69, 9.17) is 10.0 Å². The smallest absolute Gasteiger partial charge is 0.451 e. The number of carbonyl (C=O) groups is 1. The molecule has 1 saturated heterocycles. The summed E-state index contributed by atoms with van der Waals surface area (Å²) in [4.78, 5) is 28.9. The molecule has 0 amide bonds. The molecule has 0 aromatic carbocycles. The summed E-state index contributed by atoms with van der Waals surface area (Å²) >= 11 is 0. The van der Waals surface area contributed by atoms with E-state index >= 15 is 0 Å². The molecule has 0 radical (unpaired) electrons. The van der Waals surface area contributed by atoms with Crippen LogP contribution in [0.25, 0.3) is 11.2 Å². The van der Waals surface area contributed by atoms with Gasteiger partial charge in [0, 0.05) is 13.1 Å². The Bertz CT molecular complexity index is 694. The van der Waals surface area contributed by atoms with Gasteiger partial charge in [-0.1, -0.05) is 6.42 Å². The second-order valence-corrected chi connectivity index (χ2v) is 5.82. The summed E-state index contributed by atoms with van der Waals surface area (Å²) in [5, 5.41) is 27.3. The van der Waals surface area contributed by atoms with Crippen LogP contribution >= 0.6 is 0 Å². The minimum Gasteiger partial charge on any atom is -0.481 e. The molecule has 10 heteroatoms. The molecule has 1 aliphatic heterocycles. The topological polar surface area (TPSA) is 135 Å². The van der Waals surface area contributed by atoms with Crippen molar-refractivity contribution in [2.75, 3.05) is 18.0 Å². The molecule has 2 aromatic heterocycles. The molecule has 3 rings (SSSR count). The summed E-state index contributed by atoms with van der Waals surface area (Å²) < 4.78 is 0. The average Bonchev–Trinajstić information content (AvgIpc) is 3.12. The molecule has 0 bridgehead atoms. The van der Waals surface area contributed by atoms with Gasteiger partial charge in [-0.2, -0.15) is 0 Å². The molecular weight excluding hydrogens is 301 g/mol. The number of nitrogens with one attached hydrogen (secondary N) is 1. The van der Waals surface area contributed by atoms with E-state index in [2.05, 4.69) is 19.9 Å². The average molecular weight is 319 g/mol. The van der Waals surface area contributed by atoms with Gasteiger partial charge in [0.1, 0.15) is 11.8 Å². The second kappa shape index (κ2) is 6.51. The van der Waals surface area contributed by atoms with Crippen molar-refractivity contribution in [1.82, 2.24) is 19.9 Å². The molecule has 1 aliphatic rings. The maximum Gasteiger partial charge on any atom is 0.451 e. The zero-order valence-electron chi connectivity index (χ0n) is 12.5. The highest BCUT2D eigenvalue weighted by Crippen LogP contribution is 2.33. The van der Waals surface area contributed by atoms with Gasteiger partial charge < -0.3 is 25.0 Å². The maximum atomic E-state index is 11.5. The van der Waals surface area contributed by atoms with E-state index in [1.807, 2.05) is 4.90 Å². The Morgan fingerprint density at radius 1 is 1.35 bits per heavy atom. The number of aliphatic carboxylic acids is 1. The molecule has 2 atom stereocenters. The summed E-state index contributed by atoms with van der Waals surface area (Å²) in [6, 6.07) is 0. The fourth-order valence-corrected chi connectivity index (χ4v) is 3.17. The fraction of sp³-hybridized carbons (Fsp3) is 0.538. The van der Waals surface area contributed by atoms with Crippen LogP contribution in [0.4, 0.5) is 5.82 Å². The van der Waals surface area contributed by atoms with Crippen molar-refractivity contribution in [3.05, 3.63) is 12.7 Å². The summed E-state index contributed by atoms with van der Waals surface area (Å²) in [6.45, 7) is 0.927. The van der Waals surface area contributed by atoms with Gasteiger partial charge in [-0.3, -0.25) is 4.79 Å². The molecule has 1 fully saturated rings. The fourth-order valence-electron chi connectivity index (χ4n) is 3.17. The van der Waals surface area contributed by atoms with E-state index in [1.165, 1.54) is 12.7 Å². The van der Waals surface area contributed by atoms with Crippen LogP contribution in [0.5, 0.6) is 0 Å². The lowest BCUT2D eigenvalue weighted by Gasteiger charge is -2.17. The Kier molecular flexibility index (Phi) is 4.44. The largest absolute Gasteiger partial charge is 0.481 e. The third-order valence-corrected chi connectivity index (χ3v) is 4.30. The number of fused-ring (bicyclic) bond motifs is 1. The van der Waals surface area contributed by atoms with E-state index in [9.17, 15) is 9.90 Å². The number of hydrogen-bond acceptors (Lipinski definition) is 7. The Hall–Kier alpha value is -2.20. The zero-order valence-corrected chi connectivity index (χ0v) is 12.5. The van der Waals surface area contributed by atoms with Crippen molar-refractivity contribution in [3.8, 4) is 0 Å². The number of imidazole rings is 1. The van der Waals surface area contributed by atoms with Gasteiger partial charge in [0.25, 0.3) is 0 Å². The van der Waals surface area contributed by atoms with Gasteiger partial charge in [0.05, 0.1) is 12.2 Å². The first kappa shape index (κ1) is 15.7. The predicted molar refractivity (Wildman–Crippen MR) is 82.7 cm³/mol. The number of anilines is 1. The molecule has 0 spiro atoms. The van der Waals surface area contributed by atoms with E-state index < -0.39 is 19.0 Å². The first-order chi connectivity index (χ1) is 11.1. The van der Waals surface area contributed by atoms with Crippen molar-refractivity contribution < 1.29 is 19.9 Å². The van der Waals surface area contributed by atoms with Crippen LogP contribution in [-0.2, 0) is 4.79 Å². The summed E-state index contributed by atoms with van der Waals surface area (Å²) in [7, 11) is -1.35. The highest BCUT2D eigenvalue weighted by Gasteiger charge is 2.38. The Morgan fingerprint density at radius 2 is 2.17 bits per heavy atom. The number of rotatable bonds is 6. The molecule has 23 heavy (non-hydrogen) atoms. The highest BCUT2D eigenvalue weighted by atomic mass is 16.4. The van der Waals surface area contributed by atoms with E-state index in [0.717, 1.165) is 0 Å². The molecule has 1 unspecified atom stereocenters. The van der Waals surface area contributed by atoms with E-state index in [1.54, 1.807) is 0 Å². The van der Waals surface area contributed by atoms with E-state index in [-0.39, 0.29) is 12.2 Å². The van der Waals surface area contributed by atoms with Crippen LogP contribution in [0.15, 0.2) is 12.7 Å². The first-order valence-corrected chi connectivity index (χ1v) is 7.54. The van der Waals surface area contributed by atoms with Crippen molar-refractivity contribution in [2.24, 2.45) is 11.8 Å². The quantitative estimate of drug-likeness (QED) is 0.535. The molecular formula is C13H18BN5O4. The van der Waals surface area contributed by atoms with Crippen LogP contribution in [0.1, 0.15) is 12.8 Å². The van der Waals surface area contributed by atoms with Crippen LogP contribution in [0.3, 0.4) is 0 Å². The second-order valence-electron chi connectivity index (χ2n) is 5.82. The van der Waals surface area contributed by atoms with Crippen molar-refractivity contribution in [3.63, 3.8) is 0 Å². The molecule has 3 heterocycles. The number of aromatic nitrogens is 4. The molecule has 122 valence electrons. The number of hydrogen-bond donors (Lipinski definition) is 4. The van der Waals surface area contributed by atoms with Crippen molar-refractivity contribution in [1.29, 1.82) is 0 Å². The Balaban J connectivity index is 1.77. The van der Waals surface area contributed by atoms with Crippen molar-refractivity contribution >= 4 is 30.1 Å². The lowest BCUT2D eigenvalue weighted by atomic mass is 9.80. The monoisotopic (exact) mass is 319 g/mol. The minimum atomic E-state index is -1.35. The number of aromatic amines is 1. The van der Waals surface area contributed by atoms with Gasteiger partial charge in [-0.05, 0) is 18.7 Å².